The number of amides is 1. The second-order valence-electron chi connectivity index (χ2n) is 5.50. The van der Waals surface area contributed by atoms with Gasteiger partial charge in [-0.1, -0.05) is 25.1 Å². The molecule has 2 aromatic rings. The van der Waals surface area contributed by atoms with Crippen LogP contribution in [0.25, 0.3) is 0 Å². The number of hydrogen-bond donors (Lipinski definition) is 1. The molecule has 0 spiro atoms. The van der Waals surface area contributed by atoms with E-state index in [2.05, 4.69) is 21.8 Å². The normalized spacial score (nSPS) is 16.7. The van der Waals surface area contributed by atoms with Crippen molar-refractivity contribution in [2.45, 2.75) is 26.3 Å². The molecule has 5 nitrogen and oxygen atoms in total. The molecule has 1 atom stereocenters. The van der Waals surface area contributed by atoms with E-state index < -0.39 is 0 Å². The van der Waals surface area contributed by atoms with Gasteiger partial charge in [0.05, 0.1) is 5.92 Å². The number of nitrogens with one attached hydrogen (secondary N) is 1. The molecule has 1 amide bonds. The fourth-order valence-corrected chi connectivity index (χ4v) is 2.80. The quantitative estimate of drug-likeness (QED) is 0.916. The largest absolute Gasteiger partial charge is 0.492 e. The molecule has 2 heterocycles. The van der Waals surface area contributed by atoms with Gasteiger partial charge in [-0.25, -0.2) is 4.98 Å². The Morgan fingerprint density at radius 2 is 2.32 bits per heavy atom. The first-order chi connectivity index (χ1) is 10.8. The molecule has 0 saturated heterocycles. The highest BCUT2D eigenvalue weighted by Gasteiger charge is 2.25. The fraction of sp³-hybridized carbons (Fsp3) is 0.412. The van der Waals surface area contributed by atoms with Crippen LogP contribution in [0.4, 0.5) is 0 Å². The van der Waals surface area contributed by atoms with Crippen LogP contribution in [-0.4, -0.2) is 28.6 Å². The second-order valence-corrected chi connectivity index (χ2v) is 5.50. The molecule has 1 N–H and O–H groups in total. The van der Waals surface area contributed by atoms with E-state index in [0.29, 0.717) is 13.2 Å². The number of hydrogen-bond acceptors (Lipinski definition) is 3. The summed E-state index contributed by atoms with van der Waals surface area (Å²) < 4.78 is 7.75. The maximum absolute atomic E-state index is 12.3. The number of carbonyl (C=O) groups is 1. The van der Waals surface area contributed by atoms with Crippen LogP contribution in [0.3, 0.4) is 0 Å². The Morgan fingerprint density at radius 3 is 3.18 bits per heavy atom. The number of rotatable bonds is 5. The number of fused-ring (bicyclic) bond motifs is 1. The van der Waals surface area contributed by atoms with Crippen molar-refractivity contribution in [2.24, 2.45) is 5.92 Å². The van der Waals surface area contributed by atoms with Crippen LogP contribution >= 0.6 is 0 Å². The highest BCUT2D eigenvalue weighted by molar-refractivity contribution is 5.79. The summed E-state index contributed by atoms with van der Waals surface area (Å²) >= 11 is 0. The number of imidazole rings is 1. The number of ether oxygens (including phenoxy) is 1. The summed E-state index contributed by atoms with van der Waals surface area (Å²) in [5, 5.41) is 3.01. The van der Waals surface area contributed by atoms with Crippen molar-refractivity contribution < 1.29 is 9.53 Å². The first-order valence-corrected chi connectivity index (χ1v) is 7.76. The lowest BCUT2D eigenvalue weighted by Gasteiger charge is -2.24. The van der Waals surface area contributed by atoms with Crippen molar-refractivity contribution in [1.29, 1.82) is 0 Å². The molecule has 5 heteroatoms. The van der Waals surface area contributed by atoms with E-state index in [1.165, 1.54) is 0 Å². The lowest BCUT2D eigenvalue weighted by atomic mass is 9.96. The van der Waals surface area contributed by atoms with Gasteiger partial charge < -0.3 is 14.6 Å². The van der Waals surface area contributed by atoms with Crippen molar-refractivity contribution in [3.05, 3.63) is 48.0 Å². The number of carbonyl (C=O) groups excluding carboxylic acids is 1. The van der Waals surface area contributed by atoms with Gasteiger partial charge in [0, 0.05) is 31.9 Å². The maximum Gasteiger partial charge on any atom is 0.226 e. The lowest BCUT2D eigenvalue weighted by Crippen LogP contribution is -2.38. The Labute approximate surface area is 130 Å². The summed E-state index contributed by atoms with van der Waals surface area (Å²) in [6.07, 6.45) is 5.39. The van der Waals surface area contributed by atoms with Gasteiger partial charge in [0.15, 0.2) is 0 Å². The minimum Gasteiger partial charge on any atom is -0.492 e. The molecule has 3 rings (SSSR count). The van der Waals surface area contributed by atoms with Crippen LogP contribution in [0.2, 0.25) is 0 Å². The van der Waals surface area contributed by atoms with E-state index in [1.807, 2.05) is 30.5 Å². The molecule has 0 saturated carbocycles. The van der Waals surface area contributed by atoms with Crippen molar-refractivity contribution in [2.75, 3.05) is 13.2 Å². The molecule has 0 fully saturated rings. The van der Waals surface area contributed by atoms with Gasteiger partial charge in [-0.3, -0.25) is 4.79 Å². The van der Waals surface area contributed by atoms with Crippen molar-refractivity contribution in [3.63, 3.8) is 0 Å². The first kappa shape index (κ1) is 14.6. The van der Waals surface area contributed by atoms with E-state index in [1.54, 1.807) is 6.20 Å². The Morgan fingerprint density at radius 1 is 1.45 bits per heavy atom. The van der Waals surface area contributed by atoms with Crippen LogP contribution in [0.5, 0.6) is 5.75 Å². The van der Waals surface area contributed by atoms with Gasteiger partial charge in [-0.2, -0.15) is 0 Å². The summed E-state index contributed by atoms with van der Waals surface area (Å²) in [6, 6.07) is 7.91. The monoisotopic (exact) mass is 299 g/mol. The van der Waals surface area contributed by atoms with Crippen LogP contribution in [0.15, 0.2) is 36.7 Å². The minimum absolute atomic E-state index is 0.0627. The zero-order valence-corrected chi connectivity index (χ0v) is 12.8. The van der Waals surface area contributed by atoms with Gasteiger partial charge in [0.2, 0.25) is 5.91 Å². The van der Waals surface area contributed by atoms with Gasteiger partial charge >= 0.3 is 0 Å². The van der Waals surface area contributed by atoms with Crippen LogP contribution in [-0.2, 0) is 24.2 Å². The van der Waals surface area contributed by atoms with Crippen molar-refractivity contribution in [3.8, 4) is 5.75 Å². The number of benzene rings is 1. The second kappa shape index (κ2) is 6.64. The Hall–Kier alpha value is -2.30. The van der Waals surface area contributed by atoms with E-state index >= 15 is 0 Å². The Bertz CT molecular complexity index is 651. The van der Waals surface area contributed by atoms with Gasteiger partial charge in [-0.05, 0) is 18.1 Å². The van der Waals surface area contributed by atoms with Gasteiger partial charge in [0.25, 0.3) is 0 Å². The standard InChI is InChI=1S/C17H21N3O2/c1-2-16-18-7-9-20(16)10-8-19-17(21)14-11-13-5-3-4-6-15(13)22-12-14/h3-7,9,14H,2,8,10-12H2,1H3,(H,19,21)/t14-/m1/s1. The number of nitrogens with zero attached hydrogens (tertiary/aromatic N) is 2. The first-order valence-electron chi connectivity index (χ1n) is 7.76. The molecule has 22 heavy (non-hydrogen) atoms. The van der Waals surface area contributed by atoms with Gasteiger partial charge in [0.1, 0.15) is 18.2 Å². The molecule has 0 radical (unpaired) electrons. The number of para-hydroxylation sites is 1. The molecule has 1 aromatic carbocycles. The Kier molecular flexibility index (Phi) is 4.42. The molecule has 1 aliphatic heterocycles. The predicted octanol–water partition coefficient (Wildman–Crippen LogP) is 1.81. The highest BCUT2D eigenvalue weighted by Crippen LogP contribution is 2.26. The predicted molar refractivity (Wildman–Crippen MR) is 83.7 cm³/mol. The van der Waals surface area contributed by atoms with E-state index in [-0.39, 0.29) is 11.8 Å². The van der Waals surface area contributed by atoms with E-state index in [4.69, 9.17) is 4.74 Å². The van der Waals surface area contributed by atoms with E-state index in [0.717, 1.165) is 36.5 Å². The molecule has 0 aliphatic carbocycles. The molecule has 0 bridgehead atoms. The molecule has 0 unspecified atom stereocenters. The molecule has 1 aromatic heterocycles. The molecular weight excluding hydrogens is 278 g/mol. The lowest BCUT2D eigenvalue weighted by molar-refractivity contribution is -0.126. The van der Waals surface area contributed by atoms with Crippen LogP contribution in [0.1, 0.15) is 18.3 Å². The zero-order valence-electron chi connectivity index (χ0n) is 12.8. The summed E-state index contributed by atoms with van der Waals surface area (Å²) in [5.41, 5.74) is 1.11. The third-order valence-corrected chi connectivity index (χ3v) is 4.02. The molecule has 1 aliphatic rings. The third kappa shape index (κ3) is 3.13. The minimum atomic E-state index is -0.108. The zero-order chi connectivity index (χ0) is 15.4. The average molecular weight is 299 g/mol. The average Bonchev–Trinajstić information content (AvgIpc) is 3.01. The molecular formula is C17H21N3O2. The summed E-state index contributed by atoms with van der Waals surface area (Å²) in [5.74, 6) is 1.90. The smallest absolute Gasteiger partial charge is 0.226 e. The third-order valence-electron chi connectivity index (χ3n) is 4.02. The molecule has 116 valence electrons. The van der Waals surface area contributed by atoms with Crippen LogP contribution in [0, 0.1) is 5.92 Å². The number of aryl methyl sites for hydroxylation is 1. The summed E-state index contributed by atoms with van der Waals surface area (Å²) in [7, 11) is 0. The number of aromatic nitrogens is 2. The summed E-state index contributed by atoms with van der Waals surface area (Å²) in [4.78, 5) is 16.6. The fourth-order valence-electron chi connectivity index (χ4n) is 2.80. The van der Waals surface area contributed by atoms with E-state index in [9.17, 15) is 4.79 Å². The van der Waals surface area contributed by atoms with Gasteiger partial charge in [-0.15, -0.1) is 0 Å². The Balaban J connectivity index is 1.51. The maximum atomic E-state index is 12.3. The SMILES string of the molecule is CCc1nccn1CCNC(=O)[C@H]1COc2ccccc2C1. The highest BCUT2D eigenvalue weighted by atomic mass is 16.5. The topological polar surface area (TPSA) is 56.2 Å². The summed E-state index contributed by atoms with van der Waals surface area (Å²) in [6.45, 7) is 3.89. The van der Waals surface area contributed by atoms with Crippen molar-refractivity contribution in [1.82, 2.24) is 14.9 Å². The van der Waals surface area contributed by atoms with Crippen LogP contribution < -0.4 is 10.1 Å². The van der Waals surface area contributed by atoms with Crippen molar-refractivity contribution >= 4 is 5.91 Å².